The molecule has 108 valence electrons. The molecule has 0 saturated heterocycles. The Bertz CT molecular complexity index is 648. The highest BCUT2D eigenvalue weighted by Crippen LogP contribution is 2.35. The van der Waals surface area contributed by atoms with E-state index < -0.39 is 44.6 Å². The van der Waals surface area contributed by atoms with Crippen LogP contribution in [-0.2, 0) is 29.2 Å². The van der Waals surface area contributed by atoms with Gasteiger partial charge in [0.1, 0.15) is 0 Å². The average Bonchev–Trinajstić information content (AvgIpc) is 2.34. The van der Waals surface area contributed by atoms with Crippen molar-refractivity contribution in [3.05, 3.63) is 35.9 Å². The third-order valence-electron chi connectivity index (χ3n) is 2.64. The van der Waals surface area contributed by atoms with Crippen LogP contribution in [0.1, 0.15) is 12.0 Å². The molecule has 0 saturated carbocycles. The Balaban J connectivity index is 3.73. The molecule has 1 aromatic carbocycles. The van der Waals surface area contributed by atoms with E-state index in [1.54, 1.807) is 0 Å². The maximum Gasteiger partial charge on any atom is 0.374 e. The normalized spacial score (nSPS) is 14.2. The van der Waals surface area contributed by atoms with Gasteiger partial charge in [0.15, 0.2) is 0 Å². The number of carbonyl (C=O) groups is 3. The highest BCUT2D eigenvalue weighted by molar-refractivity contribution is 7.87. The lowest BCUT2D eigenvalue weighted by atomic mass is 9.90. The smallest absolute Gasteiger partial charge is 0.374 e. The predicted molar refractivity (Wildman–Crippen MR) is 64.6 cm³/mol. The third kappa shape index (κ3) is 2.68. The summed E-state index contributed by atoms with van der Waals surface area (Å²) in [6.07, 6.45) is -1.40. The van der Waals surface area contributed by atoms with Crippen molar-refractivity contribution in [3.8, 4) is 0 Å². The largest absolute Gasteiger partial charge is 0.481 e. The second-order valence-corrected chi connectivity index (χ2v) is 5.52. The van der Waals surface area contributed by atoms with Gasteiger partial charge in [-0.15, -0.1) is 0 Å². The van der Waals surface area contributed by atoms with Crippen LogP contribution in [0.5, 0.6) is 0 Å². The molecule has 9 heteroatoms. The van der Waals surface area contributed by atoms with Gasteiger partial charge in [0.05, 0.1) is 6.42 Å². The molecule has 0 aliphatic carbocycles. The molecule has 3 N–H and O–H groups in total. The Morgan fingerprint density at radius 1 is 1.05 bits per heavy atom. The maximum atomic E-state index is 11.7. The van der Waals surface area contributed by atoms with Crippen LogP contribution in [0.25, 0.3) is 0 Å². The lowest BCUT2D eigenvalue weighted by molar-refractivity contribution is -0.152. The fraction of sp³-hybridized carbons (Fsp3) is 0.182. The van der Waals surface area contributed by atoms with Crippen LogP contribution in [0.2, 0.25) is 0 Å². The molecule has 0 heterocycles. The van der Waals surface area contributed by atoms with E-state index in [1.807, 2.05) is 0 Å². The summed E-state index contributed by atoms with van der Waals surface area (Å²) in [4.78, 5) is 33.4. The van der Waals surface area contributed by atoms with Crippen molar-refractivity contribution in [3.63, 3.8) is 0 Å². The molecule has 0 radical (unpaired) electrons. The minimum Gasteiger partial charge on any atom is -0.481 e. The van der Waals surface area contributed by atoms with Gasteiger partial charge in [0.25, 0.3) is 15.9 Å². The van der Waals surface area contributed by atoms with Gasteiger partial charge in [-0.2, -0.15) is 8.42 Å². The van der Waals surface area contributed by atoms with E-state index in [1.165, 1.54) is 18.2 Å². The summed E-state index contributed by atoms with van der Waals surface area (Å²) in [7, 11) is -5.33. The number of carbonyl (C=O) groups excluding carboxylic acids is 1. The quantitative estimate of drug-likeness (QED) is 0.487. The van der Waals surface area contributed by atoms with Crippen LogP contribution in [0, 0.1) is 0 Å². The van der Waals surface area contributed by atoms with Gasteiger partial charge < -0.3 is 10.2 Å². The summed E-state index contributed by atoms with van der Waals surface area (Å²) < 4.78 is 29.3. The zero-order chi connectivity index (χ0) is 15.6. The molecule has 1 aromatic rings. The molecular weight excluding hydrogens is 292 g/mol. The monoisotopic (exact) mass is 302 g/mol. The highest BCUT2D eigenvalue weighted by atomic mass is 32.2. The first-order valence-electron chi connectivity index (χ1n) is 5.15. The van der Waals surface area contributed by atoms with Gasteiger partial charge in [-0.05, 0) is 5.56 Å². The van der Waals surface area contributed by atoms with Gasteiger partial charge >= 0.3 is 11.9 Å². The van der Waals surface area contributed by atoms with Crippen molar-refractivity contribution in [2.45, 2.75) is 11.2 Å². The minimum atomic E-state index is -5.33. The number of benzene rings is 1. The lowest BCUT2D eigenvalue weighted by Crippen LogP contribution is -2.48. The summed E-state index contributed by atoms with van der Waals surface area (Å²) in [5, 5.41) is 17.5. The first-order valence-corrected chi connectivity index (χ1v) is 6.59. The predicted octanol–water partition coefficient (Wildman–Crippen LogP) is -0.102. The van der Waals surface area contributed by atoms with Crippen LogP contribution >= 0.6 is 0 Å². The van der Waals surface area contributed by atoms with Crippen molar-refractivity contribution in [2.75, 3.05) is 0 Å². The minimum absolute atomic E-state index is 0.433. The Kier molecular flexibility index (Phi) is 4.26. The molecule has 20 heavy (non-hydrogen) atoms. The van der Waals surface area contributed by atoms with Gasteiger partial charge in [0, 0.05) is 0 Å². The van der Waals surface area contributed by atoms with Crippen molar-refractivity contribution >= 4 is 27.8 Å². The van der Waals surface area contributed by atoms with E-state index in [-0.39, 0.29) is 0 Å². The summed E-state index contributed by atoms with van der Waals surface area (Å²) in [5.41, 5.74) is -0.433. The number of ketones is 1. The number of carboxylic acid groups (broad SMARTS) is 2. The molecule has 1 unspecified atom stereocenters. The van der Waals surface area contributed by atoms with Crippen molar-refractivity contribution < 1.29 is 37.6 Å². The summed E-state index contributed by atoms with van der Waals surface area (Å²) >= 11 is 0. The molecule has 8 nitrogen and oxygen atoms in total. The van der Waals surface area contributed by atoms with E-state index in [0.29, 0.717) is 0 Å². The molecule has 1 atom stereocenters. The van der Waals surface area contributed by atoms with Crippen LogP contribution in [0.4, 0.5) is 0 Å². The summed E-state index contributed by atoms with van der Waals surface area (Å²) in [5.74, 6) is -5.84. The van der Waals surface area contributed by atoms with Crippen molar-refractivity contribution in [2.24, 2.45) is 0 Å². The number of hydrogen-bond donors (Lipinski definition) is 3. The number of aliphatic carboxylic acids is 2. The standard InChI is InChI=1S/C11H10O8S/c12-8(13)6-11(20(17,18)19,9(14)10(15)16)7-4-2-1-3-5-7/h1-5H,6H2,(H,12,13)(H,15,16)(H,17,18,19). The second kappa shape index (κ2) is 5.39. The van der Waals surface area contributed by atoms with E-state index in [0.717, 1.165) is 12.1 Å². The molecule has 0 bridgehead atoms. The van der Waals surface area contributed by atoms with Crippen LogP contribution in [-0.4, -0.2) is 40.9 Å². The molecule has 0 aliphatic heterocycles. The average molecular weight is 302 g/mol. The molecule has 0 spiro atoms. The first-order chi connectivity index (χ1) is 9.13. The number of carboxylic acids is 2. The van der Waals surface area contributed by atoms with Crippen LogP contribution in [0.15, 0.2) is 30.3 Å². The Labute approximate surface area is 113 Å². The fourth-order valence-corrected chi connectivity index (χ4v) is 2.83. The number of Topliss-reactive ketones (excluding diaryl/α,β-unsaturated/α-hetero) is 1. The van der Waals surface area contributed by atoms with Gasteiger partial charge in [0.2, 0.25) is 4.75 Å². The summed E-state index contributed by atoms with van der Waals surface area (Å²) in [6, 6.07) is 6.12. The second-order valence-electron chi connectivity index (χ2n) is 3.87. The number of hydrogen-bond acceptors (Lipinski definition) is 5. The van der Waals surface area contributed by atoms with Crippen LogP contribution in [0.3, 0.4) is 0 Å². The fourth-order valence-electron chi connectivity index (χ4n) is 1.76. The van der Waals surface area contributed by atoms with E-state index >= 15 is 0 Å². The maximum absolute atomic E-state index is 11.7. The zero-order valence-corrected chi connectivity index (χ0v) is 10.7. The van der Waals surface area contributed by atoms with Gasteiger partial charge in [-0.25, -0.2) is 4.79 Å². The highest BCUT2D eigenvalue weighted by Gasteiger charge is 2.56. The first kappa shape index (κ1) is 15.8. The van der Waals surface area contributed by atoms with E-state index in [4.69, 9.17) is 10.2 Å². The molecular formula is C11H10O8S. The van der Waals surface area contributed by atoms with E-state index in [9.17, 15) is 27.4 Å². The summed E-state index contributed by atoms with van der Waals surface area (Å²) in [6.45, 7) is 0. The zero-order valence-electron chi connectivity index (χ0n) is 9.88. The molecule has 1 rings (SSSR count). The Morgan fingerprint density at radius 3 is 1.90 bits per heavy atom. The van der Waals surface area contributed by atoms with E-state index in [2.05, 4.69) is 0 Å². The third-order valence-corrected chi connectivity index (χ3v) is 4.09. The van der Waals surface area contributed by atoms with Gasteiger partial charge in [-0.3, -0.25) is 14.1 Å². The molecule has 0 fully saturated rings. The molecule has 0 amide bonds. The molecule has 0 aromatic heterocycles. The SMILES string of the molecule is O=C(O)CC(C(=O)C(=O)O)(c1ccccc1)S(=O)(=O)O. The van der Waals surface area contributed by atoms with Gasteiger partial charge in [-0.1, -0.05) is 30.3 Å². The van der Waals surface area contributed by atoms with Crippen molar-refractivity contribution in [1.82, 2.24) is 0 Å². The molecule has 0 aliphatic rings. The number of rotatable bonds is 6. The topological polar surface area (TPSA) is 146 Å². The van der Waals surface area contributed by atoms with Crippen molar-refractivity contribution in [1.29, 1.82) is 0 Å². The lowest BCUT2D eigenvalue weighted by Gasteiger charge is -2.26. The van der Waals surface area contributed by atoms with Crippen LogP contribution < -0.4 is 0 Å². The Morgan fingerprint density at radius 2 is 1.55 bits per heavy atom. The Hall–Kier alpha value is -2.26.